The number of carbonyl (C=O) groups excluding carboxylic acids is 5. The van der Waals surface area contributed by atoms with Crippen molar-refractivity contribution >= 4 is 51.8 Å². The first-order valence-corrected chi connectivity index (χ1v) is 27.0. The maximum absolute atomic E-state index is 14.5. The Bertz CT molecular complexity index is 1830. The molecule has 69 heavy (non-hydrogen) atoms. The molecule has 1 unspecified atom stereocenters. The number of aliphatic hydroxyl groups is 2. The molecule has 0 radical (unpaired) electrons. The Morgan fingerprint density at radius 1 is 0.870 bits per heavy atom. The van der Waals surface area contributed by atoms with Crippen molar-refractivity contribution in [1.82, 2.24) is 4.90 Å². The number of amides is 1. The number of alkyl halides is 1. The smallest absolute Gasteiger partial charge is 0.329 e. The van der Waals surface area contributed by atoms with Crippen LogP contribution in [0.25, 0.3) is 0 Å². The molecule has 0 aromatic rings. The summed E-state index contributed by atoms with van der Waals surface area (Å²) in [5.41, 5.74) is 1.29. The molecule has 1 aliphatic carbocycles. The van der Waals surface area contributed by atoms with Gasteiger partial charge in [0.15, 0.2) is 5.78 Å². The van der Waals surface area contributed by atoms with Crippen LogP contribution >= 0.6 is 22.6 Å². The molecular weight excluding hydrogens is 997 g/mol. The van der Waals surface area contributed by atoms with Crippen molar-refractivity contribution in [3.63, 3.8) is 0 Å². The van der Waals surface area contributed by atoms with Crippen LogP contribution < -0.4 is 0 Å². The summed E-state index contributed by atoms with van der Waals surface area (Å²) in [6, 6.07) is -1.13. The number of Topliss-reactive ketones (excluding diaryl/α,β-unsaturated/α-hetero) is 3. The van der Waals surface area contributed by atoms with Crippen molar-refractivity contribution in [2.24, 2.45) is 35.5 Å². The number of methoxy groups -OCH3 is 3. The fourth-order valence-electron chi connectivity index (χ4n) is 10.6. The maximum Gasteiger partial charge on any atom is 0.329 e. The van der Waals surface area contributed by atoms with Crippen molar-refractivity contribution in [2.45, 2.75) is 186 Å². The van der Waals surface area contributed by atoms with Gasteiger partial charge in [-0.1, -0.05) is 93.7 Å². The van der Waals surface area contributed by atoms with Gasteiger partial charge in [-0.3, -0.25) is 19.2 Å². The molecule has 0 aromatic heterocycles. The molecule has 2 N–H and O–H groups in total. The average molecular weight is 1080 g/mol. The van der Waals surface area contributed by atoms with E-state index in [0.29, 0.717) is 57.1 Å². The normalized spacial score (nSPS) is 38.8. The minimum Gasteiger partial charge on any atom is -0.460 e. The fraction of sp³-hybridized carbons (Fsp3) is 0.759. The molecule has 4 rings (SSSR count). The van der Waals surface area contributed by atoms with Gasteiger partial charge in [-0.25, -0.2) is 4.79 Å². The Labute approximate surface area is 425 Å². The van der Waals surface area contributed by atoms with E-state index in [-0.39, 0.29) is 60.9 Å². The Balaban J connectivity index is 1.69. The maximum atomic E-state index is 14.5. The zero-order chi connectivity index (χ0) is 51.0. The fourth-order valence-corrected chi connectivity index (χ4v) is 10.9. The van der Waals surface area contributed by atoms with E-state index in [1.807, 2.05) is 58.1 Å². The van der Waals surface area contributed by atoms with Crippen LogP contribution in [-0.2, 0) is 52.4 Å². The van der Waals surface area contributed by atoms with Crippen molar-refractivity contribution in [3.05, 3.63) is 47.6 Å². The number of aliphatic hydroxyl groups excluding tert-OH is 1. The van der Waals surface area contributed by atoms with E-state index < -0.39 is 77.8 Å². The van der Waals surface area contributed by atoms with E-state index in [9.17, 15) is 34.2 Å². The van der Waals surface area contributed by atoms with E-state index in [4.69, 9.17) is 28.4 Å². The van der Waals surface area contributed by atoms with Crippen LogP contribution in [0.1, 0.15) is 132 Å². The topological polar surface area (TPSA) is 184 Å². The Hall–Kier alpha value is -2.64. The number of carbonyl (C=O) groups is 5. The van der Waals surface area contributed by atoms with Gasteiger partial charge in [0.2, 0.25) is 5.79 Å². The summed E-state index contributed by atoms with van der Waals surface area (Å²) < 4.78 is 37.1. The number of halogens is 1. The number of rotatable bonds is 10. The molecule has 4 aliphatic rings. The minimum atomic E-state index is -2.42. The van der Waals surface area contributed by atoms with Crippen LogP contribution in [0.15, 0.2) is 47.6 Å². The number of esters is 1. The number of nitrogens with zero attached hydrogens (tertiary/aromatic N) is 1. The second-order valence-electron chi connectivity index (χ2n) is 20.5. The first kappa shape index (κ1) is 58.9. The molecule has 14 nitrogen and oxygen atoms in total. The van der Waals surface area contributed by atoms with Crippen LogP contribution in [-0.4, -0.2) is 138 Å². The highest BCUT2D eigenvalue weighted by Gasteiger charge is 2.53. The van der Waals surface area contributed by atoms with Gasteiger partial charge in [0, 0.05) is 69.5 Å². The zero-order valence-electron chi connectivity index (χ0n) is 43.1. The number of fused-ring (bicyclic) bond motifs is 3. The van der Waals surface area contributed by atoms with Crippen LogP contribution in [0.5, 0.6) is 0 Å². The van der Waals surface area contributed by atoms with Gasteiger partial charge < -0.3 is 43.5 Å². The van der Waals surface area contributed by atoms with Gasteiger partial charge >= 0.3 is 5.97 Å². The Morgan fingerprint density at radius 3 is 2.29 bits per heavy atom. The summed E-state index contributed by atoms with van der Waals surface area (Å²) in [5.74, 6) is -7.71. The lowest BCUT2D eigenvalue weighted by Gasteiger charge is -2.42. The molecule has 3 heterocycles. The molecule has 0 aromatic carbocycles. The van der Waals surface area contributed by atoms with Crippen LogP contribution in [0.2, 0.25) is 0 Å². The van der Waals surface area contributed by atoms with Crippen molar-refractivity contribution in [3.8, 4) is 0 Å². The molecule has 2 bridgehead atoms. The van der Waals surface area contributed by atoms with E-state index >= 15 is 0 Å². The Kier molecular flexibility index (Phi) is 24.4. The molecule has 3 fully saturated rings. The van der Waals surface area contributed by atoms with Gasteiger partial charge in [-0.05, 0) is 113 Å². The summed E-state index contributed by atoms with van der Waals surface area (Å²) in [5, 5.41) is 23.5. The highest BCUT2D eigenvalue weighted by molar-refractivity contribution is 14.1. The van der Waals surface area contributed by atoms with E-state index in [2.05, 4.69) is 22.6 Å². The van der Waals surface area contributed by atoms with Crippen molar-refractivity contribution in [1.29, 1.82) is 0 Å². The molecule has 1 saturated carbocycles. The predicted molar refractivity (Wildman–Crippen MR) is 272 cm³/mol. The first-order chi connectivity index (χ1) is 32.8. The summed E-state index contributed by atoms with van der Waals surface area (Å²) in [6.07, 6.45) is 13.8. The average Bonchev–Trinajstić information content (AvgIpc) is 3.33. The molecule has 15 heteroatoms. The summed E-state index contributed by atoms with van der Waals surface area (Å²) in [7, 11) is 4.67. The Morgan fingerprint density at radius 2 is 1.61 bits per heavy atom. The summed E-state index contributed by atoms with van der Waals surface area (Å²) >= 11 is 2.34. The lowest BCUT2D eigenvalue weighted by molar-refractivity contribution is -0.265. The summed E-state index contributed by atoms with van der Waals surface area (Å²) in [6.45, 7) is 13.6. The highest BCUT2D eigenvalue weighted by Crippen LogP contribution is 2.38. The van der Waals surface area contributed by atoms with E-state index in [1.165, 1.54) is 12.0 Å². The third-order valence-electron chi connectivity index (χ3n) is 15.1. The van der Waals surface area contributed by atoms with Crippen molar-refractivity contribution < 1.29 is 62.6 Å². The highest BCUT2D eigenvalue weighted by atomic mass is 127. The number of piperidine rings is 1. The first-order valence-electron chi connectivity index (χ1n) is 25.5. The quantitative estimate of drug-likeness (QED) is 0.0536. The number of ether oxygens (including phenoxy) is 6. The molecule has 0 spiro atoms. The van der Waals surface area contributed by atoms with Gasteiger partial charge in [-0.15, -0.1) is 0 Å². The van der Waals surface area contributed by atoms with Crippen LogP contribution in [0, 0.1) is 35.5 Å². The van der Waals surface area contributed by atoms with Crippen molar-refractivity contribution in [2.75, 3.05) is 38.9 Å². The van der Waals surface area contributed by atoms with Gasteiger partial charge in [0.25, 0.3) is 11.7 Å². The number of hydrogen-bond donors (Lipinski definition) is 2. The second kappa shape index (κ2) is 28.6. The lowest BCUT2D eigenvalue weighted by Crippen LogP contribution is -2.61. The van der Waals surface area contributed by atoms with Gasteiger partial charge in [0.1, 0.15) is 30.1 Å². The molecule has 3 aliphatic heterocycles. The summed E-state index contributed by atoms with van der Waals surface area (Å²) in [4.78, 5) is 72.3. The molecular formula is C54H84INO13. The van der Waals surface area contributed by atoms with Gasteiger partial charge in [0.05, 0.1) is 24.4 Å². The minimum absolute atomic E-state index is 0.0166. The predicted octanol–water partition coefficient (Wildman–Crippen LogP) is 8.03. The van der Waals surface area contributed by atoms with Crippen LogP contribution in [0.4, 0.5) is 0 Å². The third kappa shape index (κ3) is 16.4. The SMILES string of the molecule is CO[C@H]1C[C@@H]2CC[C@@H](C)[C@@](O)(O2)C(=O)C(=O)N2CCCC[C@H]2C(=O)O[C@H]([C@H](C)C[C@@H]2CC[C@@H](OCCCI)[C@H](OC)C2)CC(=O)[C@H](C)/C=C(\C)[C@@H](O)[C@@H](OC)C(=O)[C@H](C)CC(C)/C=C/C=C/C=C/1C. The number of cyclic esters (lactones) is 1. The zero-order valence-corrected chi connectivity index (χ0v) is 45.2. The molecule has 1 amide bonds. The lowest BCUT2D eigenvalue weighted by atomic mass is 9.78. The van der Waals surface area contributed by atoms with E-state index in [1.54, 1.807) is 41.1 Å². The molecule has 15 atom stereocenters. The van der Waals surface area contributed by atoms with E-state index in [0.717, 1.165) is 35.7 Å². The molecule has 390 valence electrons. The largest absolute Gasteiger partial charge is 0.460 e. The third-order valence-corrected chi connectivity index (χ3v) is 15.8. The van der Waals surface area contributed by atoms with Crippen LogP contribution in [0.3, 0.4) is 0 Å². The van der Waals surface area contributed by atoms with Gasteiger partial charge in [-0.2, -0.15) is 0 Å². The number of ketones is 3. The second-order valence-corrected chi connectivity index (χ2v) is 21.6. The monoisotopic (exact) mass is 1080 g/mol. The number of hydrogen-bond acceptors (Lipinski definition) is 13. The standard InChI is InChI=1S/C54H84INO13/c1-33-17-12-11-13-18-34(2)45(64-8)31-41-22-20-39(7)54(63,69-41)51(60)52(61)56-25-15-14-19-42(56)53(62)68-46(36(4)29-40-21-23-44(47(30-40)65-9)67-26-16-24-55)32-43(57)35(3)28-38(6)49(59)50(66-10)48(58)37(5)27-33/h11-13,17-18,28,33,35-37,39-42,44-47,49-50,59,63H,14-16,19-27,29-32H2,1-10H3/b13-11+,17-12+,34-18+,38-28+/t33?,35-,36-,37-,39-,40+,41+,42+,44-,45+,46+,47-,49-,50+,54-/m1/s1. The molecule has 2 saturated heterocycles. The number of allylic oxidation sites excluding steroid dienone is 6.